The van der Waals surface area contributed by atoms with Crippen LogP contribution < -0.4 is 9.64 Å². The molecule has 1 aliphatic heterocycles. The zero-order valence-electron chi connectivity index (χ0n) is 11.9. The second kappa shape index (κ2) is 6.09. The predicted molar refractivity (Wildman–Crippen MR) is 77.8 cm³/mol. The van der Waals surface area contributed by atoms with E-state index in [1.54, 1.807) is 0 Å². The van der Waals surface area contributed by atoms with Crippen LogP contribution in [0.4, 0.5) is 5.69 Å². The summed E-state index contributed by atoms with van der Waals surface area (Å²) in [5, 5.41) is 0. The first-order chi connectivity index (χ1) is 9.24. The summed E-state index contributed by atoms with van der Waals surface area (Å²) >= 11 is 0. The van der Waals surface area contributed by atoms with Crippen LogP contribution in [0.2, 0.25) is 0 Å². The Morgan fingerprint density at radius 1 is 1.32 bits per heavy atom. The number of rotatable bonds is 5. The van der Waals surface area contributed by atoms with Gasteiger partial charge in [-0.2, -0.15) is 0 Å². The Bertz CT molecular complexity index is 427. The number of fused-ring (bicyclic) bond motifs is 1. The van der Waals surface area contributed by atoms with E-state index in [1.807, 2.05) is 18.2 Å². The molecule has 1 aliphatic rings. The topological polar surface area (TPSA) is 29.5 Å². The van der Waals surface area contributed by atoms with Gasteiger partial charge in [0.15, 0.2) is 0 Å². The zero-order chi connectivity index (χ0) is 13.7. The Labute approximate surface area is 115 Å². The van der Waals surface area contributed by atoms with E-state index >= 15 is 0 Å². The molecule has 0 aliphatic carbocycles. The molecular formula is C16H23NO2. The molecule has 1 aromatic rings. The van der Waals surface area contributed by atoms with Gasteiger partial charge < -0.3 is 14.4 Å². The average molecular weight is 261 g/mol. The van der Waals surface area contributed by atoms with Crippen molar-refractivity contribution in [2.45, 2.75) is 33.1 Å². The minimum absolute atomic E-state index is 0.239. The molecule has 3 heteroatoms. The Hall–Kier alpha value is -1.51. The summed E-state index contributed by atoms with van der Waals surface area (Å²) < 4.78 is 5.76. The van der Waals surface area contributed by atoms with Gasteiger partial charge in [0.05, 0.1) is 12.3 Å². The van der Waals surface area contributed by atoms with E-state index in [-0.39, 0.29) is 5.41 Å². The molecule has 0 amide bonds. The number of nitrogens with zero attached hydrogens (tertiary/aromatic N) is 1. The van der Waals surface area contributed by atoms with Crippen LogP contribution in [-0.2, 0) is 4.79 Å². The van der Waals surface area contributed by atoms with E-state index in [4.69, 9.17) is 4.74 Å². The van der Waals surface area contributed by atoms with Gasteiger partial charge in [-0.15, -0.1) is 0 Å². The predicted octanol–water partition coefficient (Wildman–Crippen LogP) is 3.28. The number of anilines is 1. The summed E-state index contributed by atoms with van der Waals surface area (Å²) in [4.78, 5) is 13.8. The first-order valence-electron chi connectivity index (χ1n) is 7.18. The van der Waals surface area contributed by atoms with Crippen LogP contribution in [0.3, 0.4) is 0 Å². The van der Waals surface area contributed by atoms with E-state index in [1.165, 1.54) is 0 Å². The summed E-state index contributed by atoms with van der Waals surface area (Å²) in [7, 11) is 0. The van der Waals surface area contributed by atoms with E-state index in [0.717, 1.165) is 56.7 Å². The third kappa shape index (κ3) is 2.91. The smallest absolute Gasteiger partial charge is 0.142 e. The number of carbonyl (C=O) groups excluding carboxylic acids is 1. The SMILES string of the molecule is CCC(C=O)(CC)CN1CCCOc2ccccc21. The highest BCUT2D eigenvalue weighted by molar-refractivity contribution is 5.64. The van der Waals surface area contributed by atoms with Crippen molar-refractivity contribution in [3.8, 4) is 5.75 Å². The highest BCUT2D eigenvalue weighted by atomic mass is 16.5. The van der Waals surface area contributed by atoms with Gasteiger partial charge in [-0.3, -0.25) is 0 Å². The standard InChI is InChI=1S/C16H23NO2/c1-3-16(4-2,13-18)12-17-10-7-11-19-15-9-6-5-8-14(15)17/h5-6,8-9,13H,3-4,7,10-12H2,1-2H3. The van der Waals surface area contributed by atoms with Gasteiger partial charge in [-0.05, 0) is 31.4 Å². The summed E-state index contributed by atoms with van der Waals surface area (Å²) in [5.74, 6) is 0.937. The van der Waals surface area contributed by atoms with Crippen LogP contribution in [0.1, 0.15) is 33.1 Å². The van der Waals surface area contributed by atoms with Crippen LogP contribution in [0.5, 0.6) is 5.75 Å². The Morgan fingerprint density at radius 3 is 2.74 bits per heavy atom. The number of ether oxygens (including phenoxy) is 1. The molecule has 0 N–H and O–H groups in total. The van der Waals surface area contributed by atoms with Gasteiger partial charge in [-0.1, -0.05) is 26.0 Å². The van der Waals surface area contributed by atoms with Crippen molar-refractivity contribution < 1.29 is 9.53 Å². The lowest BCUT2D eigenvalue weighted by Crippen LogP contribution is -2.38. The van der Waals surface area contributed by atoms with E-state index in [0.29, 0.717) is 0 Å². The lowest BCUT2D eigenvalue weighted by atomic mass is 9.83. The van der Waals surface area contributed by atoms with Crippen molar-refractivity contribution in [1.82, 2.24) is 0 Å². The largest absolute Gasteiger partial charge is 0.491 e. The van der Waals surface area contributed by atoms with Gasteiger partial charge in [0.2, 0.25) is 0 Å². The van der Waals surface area contributed by atoms with E-state index < -0.39 is 0 Å². The van der Waals surface area contributed by atoms with Gasteiger partial charge in [0, 0.05) is 18.5 Å². The molecule has 0 spiro atoms. The fourth-order valence-corrected chi connectivity index (χ4v) is 2.62. The first kappa shape index (κ1) is 13.9. The number of hydrogen-bond donors (Lipinski definition) is 0. The fraction of sp³-hybridized carbons (Fsp3) is 0.562. The maximum Gasteiger partial charge on any atom is 0.142 e. The molecule has 3 nitrogen and oxygen atoms in total. The van der Waals surface area contributed by atoms with Crippen molar-refractivity contribution in [2.75, 3.05) is 24.6 Å². The number of benzene rings is 1. The molecule has 1 aromatic carbocycles. The molecule has 104 valence electrons. The van der Waals surface area contributed by atoms with Crippen LogP contribution in [0, 0.1) is 5.41 Å². The van der Waals surface area contributed by atoms with E-state index in [2.05, 4.69) is 24.8 Å². The second-order valence-electron chi connectivity index (χ2n) is 5.28. The molecule has 0 saturated heterocycles. The maximum atomic E-state index is 11.5. The quantitative estimate of drug-likeness (QED) is 0.762. The third-order valence-electron chi connectivity index (χ3n) is 4.20. The molecule has 0 unspecified atom stereocenters. The van der Waals surface area contributed by atoms with Crippen LogP contribution in [0.15, 0.2) is 24.3 Å². The molecule has 1 heterocycles. The second-order valence-corrected chi connectivity index (χ2v) is 5.28. The highest BCUT2D eigenvalue weighted by Gasteiger charge is 2.30. The molecule has 0 fully saturated rings. The molecule has 0 bridgehead atoms. The lowest BCUT2D eigenvalue weighted by Gasteiger charge is -2.34. The number of aldehydes is 1. The highest BCUT2D eigenvalue weighted by Crippen LogP contribution is 2.34. The van der Waals surface area contributed by atoms with E-state index in [9.17, 15) is 4.79 Å². The molecule has 0 radical (unpaired) electrons. The normalized spacial score (nSPS) is 15.4. The maximum absolute atomic E-state index is 11.5. The third-order valence-corrected chi connectivity index (χ3v) is 4.20. The lowest BCUT2D eigenvalue weighted by molar-refractivity contribution is -0.116. The minimum atomic E-state index is -0.239. The van der Waals surface area contributed by atoms with Crippen LogP contribution in [-0.4, -0.2) is 26.0 Å². The summed E-state index contributed by atoms with van der Waals surface area (Å²) in [6, 6.07) is 8.12. The van der Waals surface area contributed by atoms with Crippen molar-refractivity contribution in [3.05, 3.63) is 24.3 Å². The number of hydrogen-bond acceptors (Lipinski definition) is 3. The molecule has 2 rings (SSSR count). The van der Waals surface area contributed by atoms with Gasteiger partial charge in [-0.25, -0.2) is 0 Å². The zero-order valence-corrected chi connectivity index (χ0v) is 11.9. The molecule has 0 saturated carbocycles. The minimum Gasteiger partial charge on any atom is -0.491 e. The average Bonchev–Trinajstić information content (AvgIpc) is 2.67. The Morgan fingerprint density at radius 2 is 2.05 bits per heavy atom. The van der Waals surface area contributed by atoms with Crippen molar-refractivity contribution in [1.29, 1.82) is 0 Å². The molecule has 0 aromatic heterocycles. The summed E-state index contributed by atoms with van der Waals surface area (Å²) in [6.07, 6.45) is 3.90. The number of carbonyl (C=O) groups is 1. The molecule has 0 atom stereocenters. The summed E-state index contributed by atoms with van der Waals surface area (Å²) in [6.45, 7) is 6.67. The first-order valence-corrected chi connectivity index (χ1v) is 7.18. The van der Waals surface area contributed by atoms with Crippen molar-refractivity contribution in [2.24, 2.45) is 5.41 Å². The van der Waals surface area contributed by atoms with Gasteiger partial charge in [0.25, 0.3) is 0 Å². The molecular weight excluding hydrogens is 238 g/mol. The van der Waals surface area contributed by atoms with Crippen molar-refractivity contribution >= 4 is 12.0 Å². The van der Waals surface area contributed by atoms with Gasteiger partial charge >= 0.3 is 0 Å². The Kier molecular flexibility index (Phi) is 4.46. The van der Waals surface area contributed by atoms with Crippen LogP contribution >= 0.6 is 0 Å². The van der Waals surface area contributed by atoms with Crippen LogP contribution in [0.25, 0.3) is 0 Å². The van der Waals surface area contributed by atoms with Gasteiger partial charge in [0.1, 0.15) is 12.0 Å². The fourth-order valence-electron chi connectivity index (χ4n) is 2.62. The summed E-state index contributed by atoms with van der Waals surface area (Å²) in [5.41, 5.74) is 0.880. The Balaban J connectivity index is 2.27. The van der Waals surface area contributed by atoms with Crippen molar-refractivity contribution in [3.63, 3.8) is 0 Å². The molecule has 19 heavy (non-hydrogen) atoms. The monoisotopic (exact) mass is 261 g/mol. The number of para-hydroxylation sites is 2.